The molecule has 0 aliphatic carbocycles. The van der Waals surface area contributed by atoms with Crippen LogP contribution in [0.25, 0.3) is 11.5 Å². The van der Waals surface area contributed by atoms with Crippen molar-refractivity contribution in [3.8, 4) is 11.5 Å². The fourth-order valence-corrected chi connectivity index (χ4v) is 3.23. The van der Waals surface area contributed by atoms with E-state index in [4.69, 9.17) is 0 Å². The van der Waals surface area contributed by atoms with Crippen LogP contribution in [-0.2, 0) is 6.54 Å². The lowest BCUT2D eigenvalue weighted by Crippen LogP contribution is -2.42. The monoisotopic (exact) mass is 314 g/mol. The average molecular weight is 314 g/mol. The second kappa shape index (κ2) is 6.26. The van der Waals surface area contributed by atoms with Gasteiger partial charge < -0.3 is 4.90 Å². The van der Waals surface area contributed by atoms with Crippen LogP contribution in [0.5, 0.6) is 0 Å². The van der Waals surface area contributed by atoms with Gasteiger partial charge in [0.1, 0.15) is 5.69 Å². The van der Waals surface area contributed by atoms with E-state index >= 15 is 0 Å². The first-order valence-electron chi connectivity index (χ1n) is 8.51. The van der Waals surface area contributed by atoms with E-state index in [-0.39, 0.29) is 0 Å². The minimum atomic E-state index is 0.432. The van der Waals surface area contributed by atoms with Crippen LogP contribution < -0.4 is 4.90 Å². The number of nitrogens with zero attached hydrogens (tertiary/aromatic N) is 6. The predicted molar refractivity (Wildman–Crippen MR) is 91.1 cm³/mol. The van der Waals surface area contributed by atoms with Crippen molar-refractivity contribution in [3.05, 3.63) is 18.3 Å². The number of rotatable bonds is 4. The second-order valence-electron chi connectivity index (χ2n) is 6.97. The number of piperidine rings is 1. The summed E-state index contributed by atoms with van der Waals surface area (Å²) >= 11 is 0. The molecule has 0 N–H and O–H groups in total. The van der Waals surface area contributed by atoms with Gasteiger partial charge in [-0.25, -0.2) is 0 Å². The van der Waals surface area contributed by atoms with E-state index < -0.39 is 0 Å². The van der Waals surface area contributed by atoms with Crippen molar-refractivity contribution in [2.45, 2.75) is 47.1 Å². The molecule has 0 aromatic carbocycles. The lowest BCUT2D eigenvalue weighted by atomic mass is 9.72. The van der Waals surface area contributed by atoms with Gasteiger partial charge >= 0.3 is 0 Å². The Balaban J connectivity index is 1.84. The molecule has 0 bridgehead atoms. The zero-order valence-electron chi connectivity index (χ0n) is 14.5. The molecule has 3 heterocycles. The second-order valence-corrected chi connectivity index (χ2v) is 6.97. The van der Waals surface area contributed by atoms with Gasteiger partial charge in [0.05, 0.1) is 0 Å². The largest absolute Gasteiger partial charge is 0.341 e. The maximum Gasteiger partial charge on any atom is 0.227 e. The Morgan fingerprint density at radius 3 is 2.48 bits per heavy atom. The zero-order chi connectivity index (χ0) is 16.4. The van der Waals surface area contributed by atoms with E-state index in [0.717, 1.165) is 37.1 Å². The quantitative estimate of drug-likeness (QED) is 0.868. The normalized spacial score (nSPS) is 17.7. The Bertz CT molecular complexity index is 640. The van der Waals surface area contributed by atoms with E-state index in [1.165, 1.54) is 12.8 Å². The zero-order valence-corrected chi connectivity index (χ0v) is 14.5. The summed E-state index contributed by atoms with van der Waals surface area (Å²) in [5, 5.41) is 16.9. The summed E-state index contributed by atoms with van der Waals surface area (Å²) in [6.07, 6.45) is 4.07. The SMILES string of the molecule is CCn1c(-c2cccnn2)nnc1N1CCC(C)(C(C)C)CC1. The minimum absolute atomic E-state index is 0.432. The summed E-state index contributed by atoms with van der Waals surface area (Å²) < 4.78 is 2.14. The summed E-state index contributed by atoms with van der Waals surface area (Å²) in [6, 6.07) is 3.81. The van der Waals surface area contributed by atoms with Gasteiger partial charge in [0.25, 0.3) is 0 Å². The molecule has 0 amide bonds. The van der Waals surface area contributed by atoms with Crippen LogP contribution in [0.15, 0.2) is 18.3 Å². The van der Waals surface area contributed by atoms with E-state index in [9.17, 15) is 0 Å². The van der Waals surface area contributed by atoms with E-state index in [2.05, 4.69) is 57.6 Å². The molecule has 1 fully saturated rings. The summed E-state index contributed by atoms with van der Waals surface area (Å²) in [5.41, 5.74) is 1.21. The molecule has 2 aromatic rings. The van der Waals surface area contributed by atoms with Gasteiger partial charge in [0, 0.05) is 25.8 Å². The van der Waals surface area contributed by atoms with E-state index in [0.29, 0.717) is 11.3 Å². The number of anilines is 1. The third-order valence-corrected chi connectivity index (χ3v) is 5.43. The first-order valence-corrected chi connectivity index (χ1v) is 8.51. The lowest BCUT2D eigenvalue weighted by molar-refractivity contribution is 0.165. The molecular formula is C17H26N6. The van der Waals surface area contributed by atoms with Gasteiger partial charge in [-0.05, 0) is 43.2 Å². The van der Waals surface area contributed by atoms with Crippen molar-refractivity contribution in [1.82, 2.24) is 25.0 Å². The highest BCUT2D eigenvalue weighted by atomic mass is 15.4. The number of hydrogen-bond donors (Lipinski definition) is 0. The third-order valence-electron chi connectivity index (χ3n) is 5.43. The summed E-state index contributed by atoms with van der Waals surface area (Å²) in [5.74, 6) is 2.47. The molecule has 0 radical (unpaired) electrons. The van der Waals surface area contributed by atoms with Crippen molar-refractivity contribution in [1.29, 1.82) is 0 Å². The molecule has 1 saturated heterocycles. The standard InChI is InChI=1S/C17H26N6/c1-5-23-15(14-7-6-10-18-19-14)20-21-16(23)22-11-8-17(4,9-12-22)13(2)3/h6-7,10,13H,5,8-9,11-12H2,1-4H3. The lowest BCUT2D eigenvalue weighted by Gasteiger charge is -2.42. The maximum absolute atomic E-state index is 4.45. The highest BCUT2D eigenvalue weighted by molar-refractivity contribution is 5.52. The van der Waals surface area contributed by atoms with Crippen molar-refractivity contribution in [2.24, 2.45) is 11.3 Å². The molecule has 2 aromatic heterocycles. The Morgan fingerprint density at radius 2 is 1.91 bits per heavy atom. The smallest absolute Gasteiger partial charge is 0.227 e. The fraction of sp³-hybridized carbons (Fsp3) is 0.647. The summed E-state index contributed by atoms with van der Waals surface area (Å²) in [6.45, 7) is 12.1. The first kappa shape index (κ1) is 15.9. The number of aromatic nitrogens is 5. The van der Waals surface area contributed by atoms with E-state index in [1.54, 1.807) is 6.20 Å². The molecule has 0 spiro atoms. The average Bonchev–Trinajstić information content (AvgIpc) is 3.00. The topological polar surface area (TPSA) is 59.7 Å². The van der Waals surface area contributed by atoms with Crippen LogP contribution in [0.2, 0.25) is 0 Å². The Hall–Kier alpha value is -1.98. The maximum atomic E-state index is 4.45. The highest BCUT2D eigenvalue weighted by Gasteiger charge is 2.34. The Morgan fingerprint density at radius 1 is 1.17 bits per heavy atom. The molecule has 23 heavy (non-hydrogen) atoms. The van der Waals surface area contributed by atoms with Gasteiger partial charge in [0.2, 0.25) is 5.95 Å². The van der Waals surface area contributed by atoms with Gasteiger partial charge in [-0.2, -0.15) is 5.10 Å². The summed E-state index contributed by atoms with van der Waals surface area (Å²) in [7, 11) is 0. The molecule has 1 aliphatic rings. The van der Waals surface area contributed by atoms with Gasteiger partial charge in [-0.1, -0.05) is 20.8 Å². The molecule has 1 aliphatic heterocycles. The van der Waals surface area contributed by atoms with Crippen molar-refractivity contribution in [3.63, 3.8) is 0 Å². The molecule has 0 unspecified atom stereocenters. The molecule has 0 atom stereocenters. The van der Waals surface area contributed by atoms with Gasteiger partial charge in [-0.15, -0.1) is 15.3 Å². The molecular weight excluding hydrogens is 288 g/mol. The first-order chi connectivity index (χ1) is 11.0. The van der Waals surface area contributed by atoms with Crippen molar-refractivity contribution < 1.29 is 0 Å². The molecule has 6 heteroatoms. The van der Waals surface area contributed by atoms with Crippen LogP contribution in [0, 0.1) is 11.3 Å². The van der Waals surface area contributed by atoms with Crippen molar-refractivity contribution in [2.75, 3.05) is 18.0 Å². The highest BCUT2D eigenvalue weighted by Crippen LogP contribution is 2.39. The van der Waals surface area contributed by atoms with Gasteiger partial charge in [0.15, 0.2) is 5.82 Å². The summed E-state index contributed by atoms with van der Waals surface area (Å²) in [4.78, 5) is 2.36. The van der Waals surface area contributed by atoms with Crippen LogP contribution in [-0.4, -0.2) is 38.1 Å². The Kier molecular flexibility index (Phi) is 4.33. The molecule has 0 saturated carbocycles. The van der Waals surface area contributed by atoms with Gasteiger partial charge in [-0.3, -0.25) is 4.57 Å². The molecule has 6 nitrogen and oxygen atoms in total. The third kappa shape index (κ3) is 2.94. The number of hydrogen-bond acceptors (Lipinski definition) is 5. The van der Waals surface area contributed by atoms with Crippen LogP contribution in [0.4, 0.5) is 5.95 Å². The Labute approximate surface area is 137 Å². The molecule has 124 valence electrons. The van der Waals surface area contributed by atoms with Crippen LogP contribution in [0.3, 0.4) is 0 Å². The predicted octanol–water partition coefficient (Wildman–Crippen LogP) is 3.02. The fourth-order valence-electron chi connectivity index (χ4n) is 3.23. The minimum Gasteiger partial charge on any atom is -0.341 e. The molecule has 3 rings (SSSR count). The van der Waals surface area contributed by atoms with E-state index in [1.807, 2.05) is 12.1 Å². The van der Waals surface area contributed by atoms with Crippen molar-refractivity contribution >= 4 is 5.95 Å². The van der Waals surface area contributed by atoms with Crippen LogP contribution >= 0.6 is 0 Å². The van der Waals surface area contributed by atoms with Crippen LogP contribution in [0.1, 0.15) is 40.5 Å².